The van der Waals surface area contributed by atoms with E-state index in [4.69, 9.17) is 6.42 Å². The van der Waals surface area contributed by atoms with Crippen LogP contribution < -0.4 is 0 Å². The Kier molecular flexibility index (Phi) is 5.10. The summed E-state index contributed by atoms with van der Waals surface area (Å²) in [7, 11) is 1.17. The van der Waals surface area contributed by atoms with Gasteiger partial charge in [0.05, 0.1) is 13.2 Å². The standard InChI is InChI=1S/C14H15NO4/c1-4-15(12(10(2)16)14(18)19-3)13(17)11-8-6-5-7-9-11/h1,5-10,12,16H,2-3H3. The van der Waals surface area contributed by atoms with E-state index < -0.39 is 24.0 Å². The number of hydrogen-bond donors (Lipinski definition) is 1. The number of methoxy groups -OCH3 is 1. The van der Waals surface area contributed by atoms with Crippen molar-refractivity contribution in [2.24, 2.45) is 0 Å². The molecule has 0 saturated carbocycles. The smallest absolute Gasteiger partial charge is 0.332 e. The molecule has 2 atom stereocenters. The van der Waals surface area contributed by atoms with Crippen LogP contribution in [0.5, 0.6) is 0 Å². The van der Waals surface area contributed by atoms with Crippen LogP contribution in [0.15, 0.2) is 30.3 Å². The first-order valence-corrected chi connectivity index (χ1v) is 5.63. The quantitative estimate of drug-likeness (QED) is 0.491. The molecule has 0 fully saturated rings. The van der Waals surface area contributed by atoms with Crippen LogP contribution in [0.25, 0.3) is 0 Å². The van der Waals surface area contributed by atoms with Gasteiger partial charge in [0.1, 0.15) is 0 Å². The second kappa shape index (κ2) is 6.57. The minimum Gasteiger partial charge on any atom is -0.467 e. The maximum Gasteiger partial charge on any atom is 0.332 e. The van der Waals surface area contributed by atoms with Crippen LogP contribution in [0.2, 0.25) is 0 Å². The molecule has 1 rings (SSSR count). The van der Waals surface area contributed by atoms with Gasteiger partial charge in [0, 0.05) is 11.6 Å². The number of benzene rings is 1. The zero-order chi connectivity index (χ0) is 14.4. The third kappa shape index (κ3) is 3.33. The van der Waals surface area contributed by atoms with E-state index in [0.29, 0.717) is 5.56 Å². The van der Waals surface area contributed by atoms with Gasteiger partial charge in [-0.25, -0.2) is 4.79 Å². The van der Waals surface area contributed by atoms with Crippen molar-refractivity contribution >= 4 is 11.9 Å². The molecule has 0 aliphatic heterocycles. The van der Waals surface area contributed by atoms with Crippen LogP contribution in [0.3, 0.4) is 0 Å². The average Bonchev–Trinajstić information content (AvgIpc) is 2.43. The fraction of sp³-hybridized carbons (Fsp3) is 0.286. The van der Waals surface area contributed by atoms with Gasteiger partial charge in [-0.15, -0.1) is 0 Å². The van der Waals surface area contributed by atoms with Crippen LogP contribution in [-0.4, -0.2) is 41.1 Å². The molecular weight excluding hydrogens is 246 g/mol. The summed E-state index contributed by atoms with van der Waals surface area (Å²) in [6, 6.07) is 9.14. The number of amides is 1. The molecule has 2 unspecified atom stereocenters. The maximum atomic E-state index is 12.2. The Morgan fingerprint density at radius 2 is 1.95 bits per heavy atom. The highest BCUT2D eigenvalue weighted by molar-refractivity contribution is 5.98. The Balaban J connectivity index is 3.09. The molecule has 0 saturated heterocycles. The second-order valence-electron chi connectivity index (χ2n) is 3.88. The molecule has 0 radical (unpaired) electrons. The van der Waals surface area contributed by atoms with Crippen molar-refractivity contribution < 1.29 is 19.4 Å². The van der Waals surface area contributed by atoms with E-state index in [1.807, 2.05) is 0 Å². The predicted octanol–water partition coefficient (Wildman–Crippen LogP) is 0.642. The van der Waals surface area contributed by atoms with Crippen LogP contribution in [-0.2, 0) is 9.53 Å². The SMILES string of the molecule is C#CN(C(=O)c1ccccc1)C(C(=O)OC)C(C)O. The molecule has 0 aromatic heterocycles. The highest BCUT2D eigenvalue weighted by Crippen LogP contribution is 2.12. The summed E-state index contributed by atoms with van der Waals surface area (Å²) >= 11 is 0. The molecule has 0 aliphatic rings. The lowest BCUT2D eigenvalue weighted by Crippen LogP contribution is -2.49. The van der Waals surface area contributed by atoms with Gasteiger partial charge < -0.3 is 9.84 Å². The number of carbonyl (C=O) groups excluding carboxylic acids is 2. The van der Waals surface area contributed by atoms with Crippen LogP contribution >= 0.6 is 0 Å². The summed E-state index contributed by atoms with van der Waals surface area (Å²) in [6.45, 7) is 1.37. The molecule has 5 nitrogen and oxygen atoms in total. The first-order chi connectivity index (χ1) is 9.02. The van der Waals surface area contributed by atoms with Crippen molar-refractivity contribution in [3.63, 3.8) is 0 Å². The Bertz CT molecular complexity index is 490. The summed E-state index contributed by atoms with van der Waals surface area (Å²) in [4.78, 5) is 24.7. The average molecular weight is 261 g/mol. The number of rotatable bonds is 4. The summed E-state index contributed by atoms with van der Waals surface area (Å²) in [6.07, 6.45) is 4.14. The highest BCUT2D eigenvalue weighted by Gasteiger charge is 2.34. The van der Waals surface area contributed by atoms with Gasteiger partial charge in [-0.2, -0.15) is 0 Å². The molecule has 0 aliphatic carbocycles. The molecule has 0 spiro atoms. The van der Waals surface area contributed by atoms with Crippen molar-refractivity contribution in [2.75, 3.05) is 7.11 Å². The lowest BCUT2D eigenvalue weighted by molar-refractivity contribution is -0.148. The molecule has 1 N–H and O–H groups in total. The van der Waals surface area contributed by atoms with Gasteiger partial charge in [-0.05, 0) is 19.1 Å². The fourth-order valence-corrected chi connectivity index (χ4v) is 1.62. The van der Waals surface area contributed by atoms with E-state index in [1.165, 1.54) is 14.0 Å². The van der Waals surface area contributed by atoms with Gasteiger partial charge in [0.2, 0.25) is 0 Å². The lowest BCUT2D eigenvalue weighted by Gasteiger charge is -2.26. The van der Waals surface area contributed by atoms with Crippen molar-refractivity contribution in [3.05, 3.63) is 35.9 Å². The molecule has 0 bridgehead atoms. The number of nitrogens with zero attached hydrogens (tertiary/aromatic N) is 1. The molecule has 100 valence electrons. The number of hydrogen-bond acceptors (Lipinski definition) is 4. The minimum absolute atomic E-state index is 0.329. The molecule has 1 aromatic carbocycles. The molecule has 19 heavy (non-hydrogen) atoms. The Morgan fingerprint density at radius 3 is 2.37 bits per heavy atom. The van der Waals surface area contributed by atoms with Crippen molar-refractivity contribution in [3.8, 4) is 12.5 Å². The van der Waals surface area contributed by atoms with E-state index in [-0.39, 0.29) is 0 Å². The number of terminal acetylenes is 1. The van der Waals surface area contributed by atoms with Crippen LogP contribution in [0.1, 0.15) is 17.3 Å². The monoisotopic (exact) mass is 261 g/mol. The summed E-state index contributed by atoms with van der Waals surface area (Å²) in [5.74, 6) is -1.31. The van der Waals surface area contributed by atoms with Crippen LogP contribution in [0.4, 0.5) is 0 Å². The van der Waals surface area contributed by atoms with Gasteiger partial charge in [-0.3, -0.25) is 9.69 Å². The molecular formula is C14H15NO4. The summed E-state index contributed by atoms with van der Waals surface area (Å²) in [5, 5.41) is 9.62. The van der Waals surface area contributed by atoms with E-state index in [2.05, 4.69) is 10.8 Å². The Morgan fingerprint density at radius 1 is 1.37 bits per heavy atom. The van der Waals surface area contributed by atoms with E-state index in [1.54, 1.807) is 30.3 Å². The van der Waals surface area contributed by atoms with Crippen LogP contribution in [0, 0.1) is 12.5 Å². The zero-order valence-electron chi connectivity index (χ0n) is 10.7. The van der Waals surface area contributed by atoms with Gasteiger partial charge in [-0.1, -0.05) is 24.6 Å². The third-order valence-corrected chi connectivity index (χ3v) is 2.56. The molecule has 1 amide bonds. The minimum atomic E-state index is -1.23. The number of esters is 1. The maximum absolute atomic E-state index is 12.2. The Labute approximate surface area is 111 Å². The number of carbonyl (C=O) groups is 2. The number of aliphatic hydroxyl groups is 1. The lowest BCUT2D eigenvalue weighted by atomic mass is 10.1. The first kappa shape index (κ1) is 14.7. The topological polar surface area (TPSA) is 66.8 Å². The van der Waals surface area contributed by atoms with E-state index in [0.717, 1.165) is 4.90 Å². The summed E-state index contributed by atoms with van der Waals surface area (Å²) < 4.78 is 4.55. The molecule has 0 heterocycles. The summed E-state index contributed by atoms with van der Waals surface area (Å²) in [5.41, 5.74) is 0.329. The van der Waals surface area contributed by atoms with Crippen molar-refractivity contribution in [2.45, 2.75) is 19.1 Å². The van der Waals surface area contributed by atoms with Gasteiger partial charge in [0.25, 0.3) is 5.91 Å². The molecule has 5 heteroatoms. The third-order valence-electron chi connectivity index (χ3n) is 2.56. The normalized spacial score (nSPS) is 12.9. The van der Waals surface area contributed by atoms with Gasteiger partial charge in [0.15, 0.2) is 6.04 Å². The van der Waals surface area contributed by atoms with Crippen molar-refractivity contribution in [1.82, 2.24) is 4.90 Å². The number of ether oxygens (including phenoxy) is 1. The predicted molar refractivity (Wildman–Crippen MR) is 68.9 cm³/mol. The fourth-order valence-electron chi connectivity index (χ4n) is 1.62. The Hall–Kier alpha value is -2.32. The highest BCUT2D eigenvalue weighted by atomic mass is 16.5. The zero-order valence-corrected chi connectivity index (χ0v) is 10.7. The second-order valence-corrected chi connectivity index (χ2v) is 3.88. The van der Waals surface area contributed by atoms with Crippen molar-refractivity contribution in [1.29, 1.82) is 0 Å². The largest absolute Gasteiger partial charge is 0.467 e. The van der Waals surface area contributed by atoms with E-state index >= 15 is 0 Å². The van der Waals surface area contributed by atoms with Gasteiger partial charge >= 0.3 is 5.97 Å². The number of aliphatic hydroxyl groups excluding tert-OH is 1. The molecule has 1 aromatic rings. The van der Waals surface area contributed by atoms with E-state index in [9.17, 15) is 14.7 Å². The first-order valence-electron chi connectivity index (χ1n) is 5.63.